The fourth-order valence-electron chi connectivity index (χ4n) is 4.94. The van der Waals surface area contributed by atoms with Gasteiger partial charge in [0.25, 0.3) is 0 Å². The zero-order chi connectivity index (χ0) is 16.4. The van der Waals surface area contributed by atoms with Gasteiger partial charge in [-0.05, 0) is 25.2 Å². The largest absolute Gasteiger partial charge is 0.393 e. The van der Waals surface area contributed by atoms with Crippen molar-refractivity contribution in [2.45, 2.75) is 75.6 Å². The van der Waals surface area contributed by atoms with Crippen LogP contribution < -0.4 is 0 Å². The molecule has 3 saturated carbocycles. The van der Waals surface area contributed by atoms with E-state index in [1.165, 1.54) is 32.1 Å². The predicted octanol–water partition coefficient (Wildman–Crippen LogP) is 2.62. The smallest absolute Gasteiger partial charge is 0.165 e. The average Bonchev–Trinajstić information content (AvgIpc) is 2.55. The molecule has 2 N–H and O–H groups in total. The average molecular weight is 322 g/mol. The molecular formula is C19H30O4. The van der Waals surface area contributed by atoms with Gasteiger partial charge in [-0.25, -0.2) is 0 Å². The normalized spacial score (nSPS) is 40.0. The molecule has 0 aromatic rings. The molecular weight excluding hydrogens is 292 g/mol. The lowest BCUT2D eigenvalue weighted by Crippen LogP contribution is -2.64. The minimum absolute atomic E-state index is 0.0573. The summed E-state index contributed by atoms with van der Waals surface area (Å²) >= 11 is 0. The van der Waals surface area contributed by atoms with Gasteiger partial charge in [-0.3, -0.25) is 4.79 Å². The molecule has 3 rings (SSSR count). The van der Waals surface area contributed by atoms with E-state index in [2.05, 4.69) is 0 Å². The second kappa shape index (κ2) is 7.04. The summed E-state index contributed by atoms with van der Waals surface area (Å²) in [6, 6.07) is 0. The number of fused-ring (bicyclic) bond motifs is 1. The molecule has 0 amide bonds. The van der Waals surface area contributed by atoms with E-state index in [9.17, 15) is 15.0 Å². The molecule has 3 aliphatic rings. The van der Waals surface area contributed by atoms with E-state index >= 15 is 0 Å². The maximum atomic E-state index is 12.0. The lowest BCUT2D eigenvalue weighted by molar-refractivity contribution is -0.191. The highest BCUT2D eigenvalue weighted by atomic mass is 16.5. The number of Topliss-reactive ketones (excluding diaryl/α,β-unsaturated/α-hetero) is 1. The number of hydrogen-bond donors (Lipinski definition) is 2. The monoisotopic (exact) mass is 322 g/mol. The van der Waals surface area contributed by atoms with E-state index < -0.39 is 17.8 Å². The Kier molecular flexibility index (Phi) is 5.24. The Hall–Kier alpha value is -0.710. The molecule has 0 saturated heterocycles. The second-order valence-corrected chi connectivity index (χ2v) is 7.70. The fraction of sp³-hybridized carbons (Fsp3) is 0.842. The van der Waals surface area contributed by atoms with Crippen molar-refractivity contribution in [2.75, 3.05) is 7.11 Å². The van der Waals surface area contributed by atoms with Crippen molar-refractivity contribution < 1.29 is 19.7 Å². The second-order valence-electron chi connectivity index (χ2n) is 7.70. The molecule has 23 heavy (non-hydrogen) atoms. The Morgan fingerprint density at radius 3 is 2.70 bits per heavy atom. The molecule has 3 fully saturated rings. The number of aliphatic hydroxyl groups is 2. The predicted molar refractivity (Wildman–Crippen MR) is 87.9 cm³/mol. The Bertz CT molecular complexity index is 454. The highest BCUT2D eigenvalue weighted by Crippen LogP contribution is 2.51. The lowest BCUT2D eigenvalue weighted by atomic mass is 9.55. The van der Waals surface area contributed by atoms with Crippen LogP contribution in [0.2, 0.25) is 0 Å². The highest BCUT2D eigenvalue weighted by molar-refractivity contribution is 5.94. The van der Waals surface area contributed by atoms with Crippen molar-refractivity contribution in [3.8, 4) is 0 Å². The summed E-state index contributed by atoms with van der Waals surface area (Å²) in [5.74, 6) is 0.769. The third-order valence-electron chi connectivity index (χ3n) is 6.42. The van der Waals surface area contributed by atoms with Crippen molar-refractivity contribution in [3.05, 3.63) is 12.2 Å². The number of rotatable bonds is 5. The summed E-state index contributed by atoms with van der Waals surface area (Å²) in [6.07, 6.45) is 11.7. The summed E-state index contributed by atoms with van der Waals surface area (Å²) in [6.45, 7) is 0. The van der Waals surface area contributed by atoms with Gasteiger partial charge in [0.05, 0.1) is 12.2 Å². The number of ketones is 1. The van der Waals surface area contributed by atoms with Crippen molar-refractivity contribution in [3.63, 3.8) is 0 Å². The van der Waals surface area contributed by atoms with E-state index in [1.54, 1.807) is 7.11 Å². The van der Waals surface area contributed by atoms with Gasteiger partial charge in [-0.15, -0.1) is 0 Å². The van der Waals surface area contributed by atoms with E-state index in [1.807, 2.05) is 12.2 Å². The summed E-state index contributed by atoms with van der Waals surface area (Å²) in [5, 5.41) is 20.6. The number of ether oxygens (including phenoxy) is 1. The van der Waals surface area contributed by atoms with Crippen molar-refractivity contribution >= 4 is 5.78 Å². The Labute approximate surface area is 138 Å². The molecule has 0 aromatic carbocycles. The fourth-order valence-corrected chi connectivity index (χ4v) is 4.94. The van der Waals surface area contributed by atoms with Crippen LogP contribution in [0, 0.1) is 17.8 Å². The molecule has 0 unspecified atom stereocenters. The van der Waals surface area contributed by atoms with Gasteiger partial charge < -0.3 is 14.9 Å². The lowest BCUT2D eigenvalue weighted by Gasteiger charge is -2.54. The summed E-state index contributed by atoms with van der Waals surface area (Å²) < 4.78 is 5.54. The first kappa shape index (κ1) is 17.1. The molecule has 0 aliphatic heterocycles. The quantitative estimate of drug-likeness (QED) is 0.764. The van der Waals surface area contributed by atoms with Crippen LogP contribution in [-0.2, 0) is 9.53 Å². The number of aliphatic hydroxyl groups excluding tert-OH is 2. The molecule has 5 atom stereocenters. The van der Waals surface area contributed by atoms with Gasteiger partial charge in [0.2, 0.25) is 0 Å². The summed E-state index contributed by atoms with van der Waals surface area (Å²) in [5.41, 5.74) is -0.678. The molecule has 130 valence electrons. The molecule has 0 radical (unpaired) electrons. The van der Waals surface area contributed by atoms with Gasteiger partial charge in [0, 0.05) is 25.4 Å². The van der Waals surface area contributed by atoms with E-state index in [0.717, 1.165) is 6.42 Å². The molecule has 4 nitrogen and oxygen atoms in total. The number of hydrogen-bond acceptors (Lipinski definition) is 4. The van der Waals surface area contributed by atoms with Gasteiger partial charge in [-0.2, -0.15) is 0 Å². The Morgan fingerprint density at radius 1 is 1.30 bits per heavy atom. The van der Waals surface area contributed by atoms with Crippen molar-refractivity contribution in [2.24, 2.45) is 17.8 Å². The van der Waals surface area contributed by atoms with Crippen LogP contribution in [0.4, 0.5) is 0 Å². The number of carbonyl (C=O) groups excluding carboxylic acids is 1. The zero-order valence-corrected chi connectivity index (χ0v) is 14.1. The molecule has 3 aliphatic carbocycles. The third kappa shape index (κ3) is 3.26. The standard InChI is InChI=1S/C19H30O4/c1-23-19-10-9-17(21)15(16(19)12-18(19)22)8-7-14(20)11-13-5-3-2-4-6-13/h7-8,13-17,20-21H,2-6,9-12H2,1H3/t14-,15-,16-,17-,19-/m0/s1. The van der Waals surface area contributed by atoms with Crippen LogP contribution in [0.1, 0.15) is 57.8 Å². The zero-order valence-electron chi connectivity index (χ0n) is 14.1. The Morgan fingerprint density at radius 2 is 2.04 bits per heavy atom. The van der Waals surface area contributed by atoms with Crippen LogP contribution in [0.3, 0.4) is 0 Å². The van der Waals surface area contributed by atoms with Crippen LogP contribution in [0.5, 0.6) is 0 Å². The van der Waals surface area contributed by atoms with Crippen LogP contribution >= 0.6 is 0 Å². The SMILES string of the molecule is CO[C@@]12CC[C@H](O)[C@@H](C=C[C@H](O)CC3CCCCC3)[C@@H]1CC2=O. The minimum Gasteiger partial charge on any atom is -0.393 e. The summed E-state index contributed by atoms with van der Waals surface area (Å²) in [4.78, 5) is 12.0. The molecule has 0 spiro atoms. The summed E-state index contributed by atoms with van der Waals surface area (Å²) in [7, 11) is 1.60. The minimum atomic E-state index is -0.678. The first-order chi connectivity index (χ1) is 11.1. The molecule has 4 heteroatoms. The van der Waals surface area contributed by atoms with Gasteiger partial charge in [0.1, 0.15) is 5.60 Å². The van der Waals surface area contributed by atoms with Crippen molar-refractivity contribution in [1.82, 2.24) is 0 Å². The molecule has 0 aromatic heterocycles. The first-order valence-corrected chi connectivity index (χ1v) is 9.19. The number of carbonyl (C=O) groups is 1. The van der Waals surface area contributed by atoms with Crippen LogP contribution in [-0.4, -0.2) is 40.9 Å². The van der Waals surface area contributed by atoms with Crippen LogP contribution in [0.15, 0.2) is 12.2 Å². The third-order valence-corrected chi connectivity index (χ3v) is 6.42. The molecule has 0 heterocycles. The first-order valence-electron chi connectivity index (χ1n) is 9.19. The number of methoxy groups -OCH3 is 1. The van der Waals surface area contributed by atoms with Gasteiger partial charge >= 0.3 is 0 Å². The Balaban J connectivity index is 1.60. The van der Waals surface area contributed by atoms with Crippen LogP contribution in [0.25, 0.3) is 0 Å². The van der Waals surface area contributed by atoms with E-state index in [0.29, 0.717) is 25.2 Å². The highest BCUT2D eigenvalue weighted by Gasteiger charge is 2.60. The topological polar surface area (TPSA) is 66.8 Å². The molecule has 0 bridgehead atoms. The van der Waals surface area contributed by atoms with E-state index in [-0.39, 0.29) is 17.6 Å². The van der Waals surface area contributed by atoms with E-state index in [4.69, 9.17) is 4.74 Å². The maximum Gasteiger partial charge on any atom is 0.165 e. The van der Waals surface area contributed by atoms with Gasteiger partial charge in [0.15, 0.2) is 5.78 Å². The maximum absolute atomic E-state index is 12.0. The van der Waals surface area contributed by atoms with Crippen molar-refractivity contribution in [1.29, 1.82) is 0 Å². The van der Waals surface area contributed by atoms with Gasteiger partial charge in [-0.1, -0.05) is 44.3 Å².